The lowest BCUT2D eigenvalue weighted by molar-refractivity contribution is 0.0888. The smallest absolute Gasteiger partial charge is 0.191 e. The summed E-state index contributed by atoms with van der Waals surface area (Å²) in [6.45, 7) is 8.91. The number of aryl methyl sites for hydroxylation is 1. The Morgan fingerprint density at radius 2 is 2.27 bits per heavy atom. The molecule has 6 heteroatoms. The average Bonchev–Trinajstić information content (AvgIpc) is 3.14. The molecule has 6 nitrogen and oxygen atoms in total. The minimum atomic E-state index is 0.0484. The first-order chi connectivity index (χ1) is 12.7. The van der Waals surface area contributed by atoms with E-state index in [1.165, 1.54) is 5.56 Å². The quantitative estimate of drug-likeness (QED) is 0.380. The van der Waals surface area contributed by atoms with Crippen LogP contribution in [0.25, 0.3) is 0 Å². The maximum Gasteiger partial charge on any atom is 0.191 e. The standard InChI is InChI=1S/C20H33N3O3/c1-16-6-4-7-19(12-16)26-17(2)13-23-20(21-3)22-9-5-10-24-14-18-8-11-25-15-18/h4,6-7,12,17-18H,5,8-11,13-15H2,1-3H3,(H2,21,22,23). The van der Waals surface area contributed by atoms with Crippen molar-refractivity contribution < 1.29 is 14.2 Å². The van der Waals surface area contributed by atoms with Crippen LogP contribution in [0.2, 0.25) is 0 Å². The minimum Gasteiger partial charge on any atom is -0.489 e. The molecule has 0 aliphatic carbocycles. The summed E-state index contributed by atoms with van der Waals surface area (Å²) in [6.07, 6.45) is 2.12. The van der Waals surface area contributed by atoms with Crippen molar-refractivity contribution in [2.24, 2.45) is 10.9 Å². The molecule has 2 unspecified atom stereocenters. The van der Waals surface area contributed by atoms with Crippen molar-refractivity contribution in [3.05, 3.63) is 29.8 Å². The summed E-state index contributed by atoms with van der Waals surface area (Å²) in [4.78, 5) is 4.24. The second-order valence-electron chi connectivity index (χ2n) is 6.78. The van der Waals surface area contributed by atoms with E-state index in [1.807, 2.05) is 25.1 Å². The van der Waals surface area contributed by atoms with Crippen LogP contribution < -0.4 is 15.4 Å². The molecular weight excluding hydrogens is 330 g/mol. The zero-order chi connectivity index (χ0) is 18.6. The molecule has 0 bridgehead atoms. The number of rotatable bonds is 10. The van der Waals surface area contributed by atoms with Crippen LogP contribution in [0.5, 0.6) is 5.75 Å². The lowest BCUT2D eigenvalue weighted by Crippen LogP contribution is -2.42. The van der Waals surface area contributed by atoms with Gasteiger partial charge in [-0.05, 0) is 44.4 Å². The minimum absolute atomic E-state index is 0.0484. The first-order valence-electron chi connectivity index (χ1n) is 9.50. The summed E-state index contributed by atoms with van der Waals surface area (Å²) < 4.78 is 17.0. The summed E-state index contributed by atoms with van der Waals surface area (Å²) in [6, 6.07) is 8.09. The molecule has 26 heavy (non-hydrogen) atoms. The number of ether oxygens (including phenoxy) is 3. The number of aliphatic imine (C=N–C) groups is 1. The van der Waals surface area contributed by atoms with Crippen molar-refractivity contribution in [2.45, 2.75) is 32.8 Å². The number of hydrogen-bond acceptors (Lipinski definition) is 4. The fraction of sp³-hybridized carbons (Fsp3) is 0.650. The van der Waals surface area contributed by atoms with E-state index in [1.54, 1.807) is 7.05 Å². The van der Waals surface area contributed by atoms with Gasteiger partial charge in [0.25, 0.3) is 0 Å². The van der Waals surface area contributed by atoms with Crippen LogP contribution in [0.3, 0.4) is 0 Å². The van der Waals surface area contributed by atoms with Gasteiger partial charge in [-0.3, -0.25) is 4.99 Å². The second-order valence-corrected chi connectivity index (χ2v) is 6.78. The van der Waals surface area contributed by atoms with Gasteiger partial charge in [-0.25, -0.2) is 0 Å². The van der Waals surface area contributed by atoms with Gasteiger partial charge in [0, 0.05) is 32.7 Å². The Hall–Kier alpha value is -1.79. The number of nitrogens with one attached hydrogen (secondary N) is 2. The molecule has 1 aromatic rings. The molecule has 1 heterocycles. The first-order valence-corrected chi connectivity index (χ1v) is 9.50. The van der Waals surface area contributed by atoms with Crippen molar-refractivity contribution >= 4 is 5.96 Å². The van der Waals surface area contributed by atoms with E-state index in [2.05, 4.69) is 28.6 Å². The van der Waals surface area contributed by atoms with Crippen molar-refractivity contribution in [1.82, 2.24) is 10.6 Å². The van der Waals surface area contributed by atoms with Crippen LogP contribution >= 0.6 is 0 Å². The Labute approximate surface area is 157 Å². The summed E-state index contributed by atoms with van der Waals surface area (Å²) in [5, 5.41) is 6.60. The first kappa shape index (κ1) is 20.5. The molecule has 0 saturated carbocycles. The topological polar surface area (TPSA) is 64.1 Å². The number of benzene rings is 1. The molecule has 0 spiro atoms. The van der Waals surface area contributed by atoms with Crippen molar-refractivity contribution in [3.63, 3.8) is 0 Å². The Morgan fingerprint density at radius 3 is 3.00 bits per heavy atom. The molecular formula is C20H33N3O3. The molecule has 2 atom stereocenters. The Balaban J connectivity index is 1.54. The fourth-order valence-electron chi connectivity index (χ4n) is 2.77. The monoisotopic (exact) mass is 363 g/mol. The van der Waals surface area contributed by atoms with Gasteiger partial charge in [0.2, 0.25) is 0 Å². The molecule has 0 amide bonds. The SMILES string of the molecule is CN=C(NCCCOCC1CCOC1)NCC(C)Oc1cccc(C)c1. The van der Waals surface area contributed by atoms with Crippen molar-refractivity contribution in [2.75, 3.05) is 46.6 Å². The van der Waals surface area contributed by atoms with Gasteiger partial charge in [0.15, 0.2) is 5.96 Å². The van der Waals surface area contributed by atoms with E-state index in [4.69, 9.17) is 14.2 Å². The van der Waals surface area contributed by atoms with Crippen LogP contribution in [0, 0.1) is 12.8 Å². The van der Waals surface area contributed by atoms with Gasteiger partial charge in [0.05, 0.1) is 19.8 Å². The molecule has 146 valence electrons. The van der Waals surface area contributed by atoms with E-state index >= 15 is 0 Å². The number of guanidine groups is 1. The molecule has 1 aliphatic rings. The summed E-state index contributed by atoms with van der Waals surface area (Å²) >= 11 is 0. The van der Waals surface area contributed by atoms with Gasteiger partial charge in [-0.2, -0.15) is 0 Å². The molecule has 1 fully saturated rings. The molecule has 0 aromatic heterocycles. The van der Waals surface area contributed by atoms with Crippen molar-refractivity contribution in [1.29, 1.82) is 0 Å². The highest BCUT2D eigenvalue weighted by molar-refractivity contribution is 5.79. The molecule has 2 rings (SSSR count). The predicted molar refractivity (Wildman–Crippen MR) is 105 cm³/mol. The van der Waals surface area contributed by atoms with Crippen LogP contribution in [-0.2, 0) is 9.47 Å². The lowest BCUT2D eigenvalue weighted by Gasteiger charge is -2.18. The van der Waals surface area contributed by atoms with Crippen LogP contribution in [-0.4, -0.2) is 58.6 Å². The van der Waals surface area contributed by atoms with E-state index in [0.717, 1.165) is 57.5 Å². The van der Waals surface area contributed by atoms with E-state index in [0.29, 0.717) is 12.5 Å². The summed E-state index contributed by atoms with van der Waals surface area (Å²) in [7, 11) is 1.78. The number of nitrogens with zero attached hydrogens (tertiary/aromatic N) is 1. The Kier molecular flexibility index (Phi) is 9.28. The van der Waals surface area contributed by atoms with Gasteiger partial charge >= 0.3 is 0 Å². The normalized spacial score (nSPS) is 18.6. The third-order valence-electron chi connectivity index (χ3n) is 4.24. The Morgan fingerprint density at radius 1 is 1.38 bits per heavy atom. The highest BCUT2D eigenvalue weighted by Gasteiger charge is 2.15. The van der Waals surface area contributed by atoms with Crippen LogP contribution in [0.15, 0.2) is 29.3 Å². The maximum atomic E-state index is 5.92. The molecule has 0 radical (unpaired) electrons. The summed E-state index contributed by atoms with van der Waals surface area (Å²) in [5.74, 6) is 2.26. The highest BCUT2D eigenvalue weighted by atomic mass is 16.5. The van der Waals surface area contributed by atoms with Crippen molar-refractivity contribution in [3.8, 4) is 5.75 Å². The third kappa shape index (κ3) is 8.06. The van der Waals surface area contributed by atoms with E-state index in [9.17, 15) is 0 Å². The van der Waals surface area contributed by atoms with Gasteiger partial charge in [-0.1, -0.05) is 12.1 Å². The molecule has 1 aromatic carbocycles. The number of hydrogen-bond donors (Lipinski definition) is 2. The predicted octanol–water partition coefficient (Wildman–Crippen LogP) is 2.37. The zero-order valence-electron chi connectivity index (χ0n) is 16.3. The lowest BCUT2D eigenvalue weighted by atomic mass is 10.1. The van der Waals surface area contributed by atoms with Crippen LogP contribution in [0.4, 0.5) is 0 Å². The molecule has 1 saturated heterocycles. The van der Waals surface area contributed by atoms with E-state index in [-0.39, 0.29) is 6.10 Å². The second kappa shape index (κ2) is 11.8. The molecule has 1 aliphatic heterocycles. The van der Waals surface area contributed by atoms with Gasteiger partial charge < -0.3 is 24.8 Å². The third-order valence-corrected chi connectivity index (χ3v) is 4.24. The van der Waals surface area contributed by atoms with E-state index < -0.39 is 0 Å². The maximum absolute atomic E-state index is 5.92. The van der Waals surface area contributed by atoms with Gasteiger partial charge in [-0.15, -0.1) is 0 Å². The molecule has 2 N–H and O–H groups in total. The average molecular weight is 364 g/mol. The summed E-state index contributed by atoms with van der Waals surface area (Å²) in [5.41, 5.74) is 1.20. The fourth-order valence-corrected chi connectivity index (χ4v) is 2.77. The Bertz CT molecular complexity index is 545. The van der Waals surface area contributed by atoms with Crippen LogP contribution in [0.1, 0.15) is 25.3 Å². The highest BCUT2D eigenvalue weighted by Crippen LogP contribution is 2.14. The zero-order valence-corrected chi connectivity index (χ0v) is 16.3. The van der Waals surface area contributed by atoms with Gasteiger partial charge in [0.1, 0.15) is 11.9 Å². The largest absolute Gasteiger partial charge is 0.489 e.